The molecule has 0 unspecified atom stereocenters. The standard InChI is InChI=1S/C28H24F2N4O.C22H21ClN4O.C15H17BrClN3.C7H4BNO.C6H5BF2O2/c1-31-21-8-10-34(11-9-21)27-23-14-17(22-4-3-5-26(32-2)28(22)35)6-7-25(23)33-16-24(27)18-12-19(29)15-20(30)13-18;1-24-15-8-10-27(11-9-15)21-17-12-14(6-7-19(17)26-13-18(21)23)16-4-3-5-20(25-2)22(16)28;1-18-11-4-6-20(7-5-11)15-12-8-10(16)2-3-14(12)19-9-13(15)17;8-6-3-1-2-5(4-9)7(6)10;8-5-1-4(7(10)11)2-6(9)3-5/h3-7,12-16,21,31,35H,8-11H2,1H3;3-7,12-13,15,24,28H,8-11H2,1H3;2-3,8-9,11,18H,4-7H2,1H3;1-3,10H;1-3,10-11H. The molecule has 14 rings (SSSR count). The number of aromatic nitrogens is 3. The lowest BCUT2D eigenvalue weighted by Gasteiger charge is -2.35. The van der Waals surface area contributed by atoms with E-state index in [-0.39, 0.29) is 45.1 Å². The molecule has 2 radical (unpaired) electrons. The third kappa shape index (κ3) is 18.3. The number of hydrogen-bond donors (Lipinski definition) is 8. The van der Waals surface area contributed by atoms with Crippen molar-refractivity contribution in [3.8, 4) is 56.7 Å². The molecule has 26 heteroatoms. The average Bonchev–Trinajstić information content (AvgIpc) is 0.765. The summed E-state index contributed by atoms with van der Waals surface area (Å²) < 4.78 is 54.0. The summed E-state index contributed by atoms with van der Waals surface area (Å²) in [7, 11) is 9.46. The van der Waals surface area contributed by atoms with Gasteiger partial charge < -0.3 is 56.0 Å². The second-order valence-corrected chi connectivity index (χ2v) is 26.6. The van der Waals surface area contributed by atoms with E-state index in [0.717, 1.165) is 166 Å². The highest BCUT2D eigenvalue weighted by Crippen LogP contribution is 2.45. The number of phenols is 3. The normalized spacial score (nSPS) is 14.0. The maximum atomic E-state index is 14.2. The van der Waals surface area contributed by atoms with Crippen LogP contribution in [0.3, 0.4) is 0 Å². The van der Waals surface area contributed by atoms with Crippen LogP contribution < -0.4 is 41.6 Å². The summed E-state index contributed by atoms with van der Waals surface area (Å²) in [6, 6.07) is 41.9. The zero-order valence-electron chi connectivity index (χ0n) is 56.9. The summed E-state index contributed by atoms with van der Waals surface area (Å²) in [5.74, 6) is -3.15. The van der Waals surface area contributed by atoms with Gasteiger partial charge in [0.05, 0.1) is 62.4 Å². The molecular formula is C78H71B2BrCl2F4N12O5. The van der Waals surface area contributed by atoms with Gasteiger partial charge in [-0.25, -0.2) is 27.3 Å². The van der Waals surface area contributed by atoms with Crippen molar-refractivity contribution >= 4 is 126 Å². The van der Waals surface area contributed by atoms with Crippen molar-refractivity contribution in [3.05, 3.63) is 230 Å². The summed E-state index contributed by atoms with van der Waals surface area (Å²) in [5, 5.41) is 69.8. The van der Waals surface area contributed by atoms with Crippen molar-refractivity contribution in [1.82, 2.24) is 30.9 Å². The van der Waals surface area contributed by atoms with Crippen molar-refractivity contribution in [2.24, 2.45) is 0 Å². The van der Waals surface area contributed by atoms with Crippen LogP contribution in [0.4, 0.5) is 46.0 Å². The van der Waals surface area contributed by atoms with Gasteiger partial charge in [-0.05, 0) is 155 Å². The molecule has 0 saturated carbocycles. The molecule has 0 aliphatic carbocycles. The zero-order chi connectivity index (χ0) is 74.3. The van der Waals surface area contributed by atoms with Crippen molar-refractivity contribution < 1.29 is 42.9 Å². The molecule has 0 spiro atoms. The van der Waals surface area contributed by atoms with Gasteiger partial charge in [0.25, 0.3) is 0 Å². The minimum Gasteiger partial charge on any atom is -0.518 e. The van der Waals surface area contributed by atoms with Gasteiger partial charge in [0, 0.05) is 125 Å². The largest absolute Gasteiger partial charge is 0.518 e. The predicted octanol–water partition coefficient (Wildman–Crippen LogP) is 14.8. The van der Waals surface area contributed by atoms with Crippen LogP contribution in [0, 0.1) is 47.7 Å². The number of nitriles is 1. The number of pyridine rings is 3. The van der Waals surface area contributed by atoms with E-state index >= 15 is 0 Å². The number of fused-ring (bicyclic) bond motifs is 3. The minimum atomic E-state index is -1.83. The maximum absolute atomic E-state index is 14.2. The van der Waals surface area contributed by atoms with Crippen LogP contribution in [-0.2, 0) is 0 Å². The maximum Gasteiger partial charge on any atom is 0.488 e. The van der Waals surface area contributed by atoms with Gasteiger partial charge in [-0.1, -0.05) is 105 Å². The number of piperidine rings is 3. The first kappa shape index (κ1) is 76.6. The highest BCUT2D eigenvalue weighted by molar-refractivity contribution is 9.10. The predicted molar refractivity (Wildman–Crippen MR) is 412 cm³/mol. The Morgan fingerprint density at radius 2 is 0.904 bits per heavy atom. The van der Waals surface area contributed by atoms with Crippen molar-refractivity contribution in [1.29, 1.82) is 5.26 Å². The fourth-order valence-corrected chi connectivity index (χ4v) is 13.9. The Hall–Kier alpha value is -10.0. The van der Waals surface area contributed by atoms with Crippen LogP contribution in [0.15, 0.2) is 169 Å². The molecule has 0 amide bonds. The van der Waals surface area contributed by atoms with E-state index in [1.807, 2.05) is 75.7 Å². The summed E-state index contributed by atoms with van der Waals surface area (Å²) in [5.41, 5.74) is 10.1. The van der Waals surface area contributed by atoms with E-state index in [0.29, 0.717) is 51.5 Å². The first-order chi connectivity index (χ1) is 50.1. The third-order valence-corrected chi connectivity index (χ3v) is 19.5. The fourth-order valence-electron chi connectivity index (χ4n) is 13.0. The van der Waals surface area contributed by atoms with Crippen LogP contribution in [0.1, 0.15) is 44.1 Å². The number of hydrogen-bond acceptors (Lipinski definition) is 15. The van der Waals surface area contributed by atoms with Gasteiger partial charge in [-0.2, -0.15) is 5.26 Å². The second-order valence-electron chi connectivity index (χ2n) is 24.9. The van der Waals surface area contributed by atoms with Gasteiger partial charge in [-0.15, -0.1) is 0 Å². The van der Waals surface area contributed by atoms with Crippen LogP contribution in [-0.4, -0.2) is 134 Å². The highest BCUT2D eigenvalue weighted by atomic mass is 79.9. The highest BCUT2D eigenvalue weighted by Gasteiger charge is 2.27. The quantitative estimate of drug-likeness (QED) is 0.0363. The van der Waals surface area contributed by atoms with E-state index in [2.05, 4.69) is 77.3 Å². The Kier molecular flexibility index (Phi) is 26.1. The fraction of sp³-hybridized carbons (Fsp3) is 0.231. The first-order valence-electron chi connectivity index (χ1n) is 33.3. The summed E-state index contributed by atoms with van der Waals surface area (Å²) in [6.45, 7) is 20.0. The summed E-state index contributed by atoms with van der Waals surface area (Å²) >= 11 is 16.5. The molecule has 0 bridgehead atoms. The molecule has 3 fully saturated rings. The molecule has 528 valence electrons. The number of halogens is 7. The van der Waals surface area contributed by atoms with Crippen LogP contribution in [0.5, 0.6) is 17.2 Å². The monoisotopic (exact) mass is 1500 g/mol. The summed E-state index contributed by atoms with van der Waals surface area (Å²) in [4.78, 5) is 27.2. The molecule has 8 aromatic carbocycles. The van der Waals surface area contributed by atoms with Crippen LogP contribution in [0.2, 0.25) is 10.0 Å². The Balaban J connectivity index is 0.000000150. The first-order valence-corrected chi connectivity index (χ1v) is 34.9. The molecule has 11 aromatic rings. The van der Waals surface area contributed by atoms with Gasteiger partial charge in [-0.3, -0.25) is 15.0 Å². The van der Waals surface area contributed by atoms with Crippen molar-refractivity contribution in [2.75, 3.05) is 75.1 Å². The Bertz CT molecular complexity index is 5000. The molecule has 0 atom stereocenters. The zero-order valence-corrected chi connectivity index (χ0v) is 60.0. The Morgan fingerprint density at radius 3 is 1.32 bits per heavy atom. The number of aromatic hydroxyl groups is 3. The third-order valence-electron chi connectivity index (χ3n) is 18.5. The van der Waals surface area contributed by atoms with Gasteiger partial charge in [0.1, 0.15) is 54.4 Å². The molecule has 104 heavy (non-hydrogen) atoms. The second kappa shape index (κ2) is 35.4. The van der Waals surface area contributed by atoms with E-state index in [4.69, 9.17) is 64.6 Å². The van der Waals surface area contributed by atoms with Crippen LogP contribution >= 0.6 is 39.1 Å². The van der Waals surface area contributed by atoms with E-state index in [9.17, 15) is 27.8 Å². The van der Waals surface area contributed by atoms with E-state index in [1.165, 1.54) is 24.3 Å². The van der Waals surface area contributed by atoms with E-state index in [1.54, 1.807) is 61.1 Å². The topological polar surface area (TPSA) is 218 Å². The Morgan fingerprint density at radius 1 is 0.510 bits per heavy atom. The van der Waals surface area contributed by atoms with E-state index < -0.39 is 30.4 Å². The van der Waals surface area contributed by atoms with Crippen molar-refractivity contribution in [3.63, 3.8) is 0 Å². The molecule has 17 nitrogen and oxygen atoms in total. The lowest BCUT2D eigenvalue weighted by atomic mass is 9.80. The number of rotatable bonds is 10. The molecule has 6 heterocycles. The van der Waals surface area contributed by atoms with Gasteiger partial charge >= 0.3 is 7.12 Å². The molecule has 3 aromatic heterocycles. The summed E-state index contributed by atoms with van der Waals surface area (Å²) in [6.07, 6.45) is 11.4. The Labute approximate surface area is 620 Å². The van der Waals surface area contributed by atoms with Crippen molar-refractivity contribution in [2.45, 2.75) is 56.7 Å². The van der Waals surface area contributed by atoms with Gasteiger partial charge in [0.2, 0.25) is 11.4 Å². The SMILES string of the molecule is CNC1CCN(c2c(Cl)cnc3ccc(Br)cc23)CC1.OB(O)c1cc(F)cc(F)c1.[B]c1cccc(C#N)c1O.[C-]#[N+]c1cccc(-c2ccc3ncc(-c4cc(F)cc(F)c4)c(N4CCC(NC)CC4)c3c2)c1O.[C-]#[N+]c1cccc(-c2ccc3ncc(Cl)c(N4CCC(NC)CC4)c3c2)c1O. The van der Waals surface area contributed by atoms with Crippen LogP contribution in [0.25, 0.3) is 75.8 Å². The minimum absolute atomic E-state index is 0.00298. The van der Waals surface area contributed by atoms with Gasteiger partial charge in [0.15, 0.2) is 0 Å². The number of benzene rings is 8. The number of anilines is 3. The lowest BCUT2D eigenvalue weighted by molar-refractivity contribution is 0.425. The molecule has 8 N–H and O–H groups in total. The number of nitrogens with zero attached hydrogens (tertiary/aromatic N) is 9. The molecular weight excluding hydrogens is 1430 g/mol. The lowest BCUT2D eigenvalue weighted by Crippen LogP contribution is -2.41. The smallest absolute Gasteiger partial charge is 0.488 e. The molecule has 3 saturated heterocycles. The number of nitrogens with one attached hydrogen (secondary N) is 3. The number of phenolic OH excluding ortho intramolecular Hbond substituents is 3. The molecule has 3 aliphatic heterocycles. The molecule has 3 aliphatic rings. The number of para-hydroxylation sites is 3. The average molecular weight is 1500 g/mol.